The highest BCUT2D eigenvalue weighted by atomic mass is 16.4. The Morgan fingerprint density at radius 3 is 2.94 bits per heavy atom. The summed E-state index contributed by atoms with van der Waals surface area (Å²) < 4.78 is 0. The molecule has 2 aliphatic rings. The van der Waals surface area contributed by atoms with Gasteiger partial charge in [0.1, 0.15) is 0 Å². The highest BCUT2D eigenvalue weighted by Crippen LogP contribution is 2.31. The number of rotatable bonds is 2. The van der Waals surface area contributed by atoms with Gasteiger partial charge in [-0.2, -0.15) is 0 Å². The molecular formula is C13H14N2O3. The summed E-state index contributed by atoms with van der Waals surface area (Å²) in [6.45, 7) is 0.508. The summed E-state index contributed by atoms with van der Waals surface area (Å²) >= 11 is 0. The first-order valence-electron chi connectivity index (χ1n) is 6.02. The minimum absolute atomic E-state index is 0.0185. The number of benzene rings is 1. The fourth-order valence-corrected chi connectivity index (χ4v) is 2.64. The molecule has 1 aromatic carbocycles. The molecule has 3 rings (SSSR count). The van der Waals surface area contributed by atoms with Crippen molar-refractivity contribution in [2.75, 3.05) is 11.9 Å². The number of carboxylic acids is 1. The monoisotopic (exact) mass is 246 g/mol. The Balaban J connectivity index is 1.80. The SMILES string of the molecule is O=C1Cc2cc(C3CC(C(=O)O)CN3)ccc2N1. The Morgan fingerprint density at radius 1 is 1.39 bits per heavy atom. The van der Waals surface area contributed by atoms with Crippen LogP contribution in [0.1, 0.15) is 23.6 Å². The molecule has 2 unspecified atom stereocenters. The quantitative estimate of drug-likeness (QED) is 0.725. The number of aliphatic carboxylic acids is 1. The lowest BCUT2D eigenvalue weighted by Gasteiger charge is -2.11. The van der Waals surface area contributed by atoms with Crippen LogP contribution in [-0.2, 0) is 16.0 Å². The highest BCUT2D eigenvalue weighted by Gasteiger charge is 2.30. The zero-order chi connectivity index (χ0) is 12.7. The second-order valence-electron chi connectivity index (χ2n) is 4.87. The van der Waals surface area contributed by atoms with Crippen LogP contribution >= 0.6 is 0 Å². The molecule has 5 nitrogen and oxygen atoms in total. The average molecular weight is 246 g/mol. The summed E-state index contributed by atoms with van der Waals surface area (Å²) in [6, 6.07) is 5.92. The zero-order valence-electron chi connectivity index (χ0n) is 9.77. The van der Waals surface area contributed by atoms with E-state index in [0.717, 1.165) is 16.8 Å². The maximum absolute atomic E-state index is 11.3. The van der Waals surface area contributed by atoms with Gasteiger partial charge in [0, 0.05) is 18.3 Å². The molecule has 2 heterocycles. The molecule has 5 heteroatoms. The van der Waals surface area contributed by atoms with Crippen molar-refractivity contribution >= 4 is 17.6 Å². The average Bonchev–Trinajstić information content (AvgIpc) is 2.91. The van der Waals surface area contributed by atoms with E-state index < -0.39 is 5.97 Å². The van der Waals surface area contributed by atoms with E-state index in [4.69, 9.17) is 5.11 Å². The predicted molar refractivity (Wildman–Crippen MR) is 65.3 cm³/mol. The van der Waals surface area contributed by atoms with Crippen LogP contribution in [0.15, 0.2) is 18.2 Å². The van der Waals surface area contributed by atoms with E-state index in [1.807, 2.05) is 18.2 Å². The molecule has 1 fully saturated rings. The van der Waals surface area contributed by atoms with Gasteiger partial charge in [-0.25, -0.2) is 0 Å². The van der Waals surface area contributed by atoms with E-state index >= 15 is 0 Å². The minimum atomic E-state index is -0.747. The van der Waals surface area contributed by atoms with Crippen molar-refractivity contribution in [3.63, 3.8) is 0 Å². The van der Waals surface area contributed by atoms with Gasteiger partial charge in [0.05, 0.1) is 12.3 Å². The number of hydrogen-bond donors (Lipinski definition) is 3. The Morgan fingerprint density at radius 2 is 2.22 bits per heavy atom. The number of anilines is 1. The molecule has 0 aliphatic carbocycles. The number of amides is 1. The second kappa shape index (κ2) is 4.10. The summed E-state index contributed by atoms with van der Waals surface area (Å²) in [4.78, 5) is 22.2. The lowest BCUT2D eigenvalue weighted by molar-refractivity contribution is -0.141. The van der Waals surface area contributed by atoms with Crippen LogP contribution in [-0.4, -0.2) is 23.5 Å². The number of carbonyl (C=O) groups is 2. The molecule has 0 radical (unpaired) electrons. The summed E-state index contributed by atoms with van der Waals surface area (Å²) in [6.07, 6.45) is 1.02. The Bertz CT molecular complexity index is 527. The molecule has 2 aliphatic heterocycles. The Hall–Kier alpha value is -1.88. The maximum atomic E-state index is 11.3. The lowest BCUT2D eigenvalue weighted by Crippen LogP contribution is -2.17. The molecule has 0 saturated carbocycles. The highest BCUT2D eigenvalue weighted by molar-refractivity contribution is 5.99. The molecular weight excluding hydrogens is 232 g/mol. The van der Waals surface area contributed by atoms with Crippen molar-refractivity contribution in [1.82, 2.24) is 5.32 Å². The molecule has 18 heavy (non-hydrogen) atoms. The number of carboxylic acid groups (broad SMARTS) is 1. The van der Waals surface area contributed by atoms with E-state index in [1.165, 1.54) is 0 Å². The predicted octanol–water partition coefficient (Wildman–Crippen LogP) is 0.916. The van der Waals surface area contributed by atoms with Crippen LogP contribution < -0.4 is 10.6 Å². The van der Waals surface area contributed by atoms with Gasteiger partial charge in [0.2, 0.25) is 5.91 Å². The van der Waals surface area contributed by atoms with Crippen LogP contribution in [0.3, 0.4) is 0 Å². The summed E-state index contributed by atoms with van der Waals surface area (Å²) in [5.74, 6) is -1.05. The van der Waals surface area contributed by atoms with E-state index in [1.54, 1.807) is 0 Å². The summed E-state index contributed by atoms with van der Waals surface area (Å²) in [7, 11) is 0. The first-order valence-corrected chi connectivity index (χ1v) is 6.02. The van der Waals surface area contributed by atoms with Gasteiger partial charge in [0.25, 0.3) is 0 Å². The third-order valence-corrected chi connectivity index (χ3v) is 3.64. The van der Waals surface area contributed by atoms with Crippen molar-refractivity contribution in [2.24, 2.45) is 5.92 Å². The van der Waals surface area contributed by atoms with Gasteiger partial charge >= 0.3 is 5.97 Å². The standard InChI is InChI=1S/C13H14N2O3/c16-12-5-8-3-7(1-2-10(8)15-12)11-4-9(6-14-11)13(17)18/h1-3,9,11,14H,4-6H2,(H,15,16)(H,17,18). The van der Waals surface area contributed by atoms with E-state index in [0.29, 0.717) is 19.4 Å². The van der Waals surface area contributed by atoms with Crippen LogP contribution in [0, 0.1) is 5.92 Å². The first kappa shape index (κ1) is 11.2. The van der Waals surface area contributed by atoms with E-state index in [-0.39, 0.29) is 17.9 Å². The van der Waals surface area contributed by atoms with Gasteiger partial charge in [-0.05, 0) is 23.6 Å². The second-order valence-corrected chi connectivity index (χ2v) is 4.87. The lowest BCUT2D eigenvalue weighted by atomic mass is 9.98. The first-order chi connectivity index (χ1) is 8.63. The summed E-state index contributed by atoms with van der Waals surface area (Å²) in [5.41, 5.74) is 2.93. The van der Waals surface area contributed by atoms with Crippen LogP contribution in [0.5, 0.6) is 0 Å². The van der Waals surface area contributed by atoms with Gasteiger partial charge in [-0.1, -0.05) is 12.1 Å². The molecule has 0 aromatic heterocycles. The molecule has 1 saturated heterocycles. The van der Waals surface area contributed by atoms with Crippen molar-refractivity contribution in [1.29, 1.82) is 0 Å². The van der Waals surface area contributed by atoms with Crippen molar-refractivity contribution in [2.45, 2.75) is 18.9 Å². The topological polar surface area (TPSA) is 78.4 Å². The fraction of sp³-hybridized carbons (Fsp3) is 0.385. The van der Waals surface area contributed by atoms with Gasteiger partial charge in [0.15, 0.2) is 0 Å². The number of fused-ring (bicyclic) bond motifs is 1. The third kappa shape index (κ3) is 1.86. The van der Waals surface area contributed by atoms with Gasteiger partial charge < -0.3 is 15.7 Å². The van der Waals surface area contributed by atoms with Crippen molar-refractivity contribution in [3.8, 4) is 0 Å². The van der Waals surface area contributed by atoms with Crippen molar-refractivity contribution in [3.05, 3.63) is 29.3 Å². The number of nitrogens with one attached hydrogen (secondary N) is 2. The summed E-state index contributed by atoms with van der Waals surface area (Å²) in [5, 5.41) is 15.0. The fourth-order valence-electron chi connectivity index (χ4n) is 2.64. The maximum Gasteiger partial charge on any atom is 0.307 e. The normalized spacial score (nSPS) is 25.9. The minimum Gasteiger partial charge on any atom is -0.481 e. The van der Waals surface area contributed by atoms with E-state index in [9.17, 15) is 9.59 Å². The molecule has 1 amide bonds. The Kier molecular flexibility index (Phi) is 2.56. The molecule has 3 N–H and O–H groups in total. The molecule has 2 atom stereocenters. The van der Waals surface area contributed by atoms with Crippen molar-refractivity contribution < 1.29 is 14.7 Å². The third-order valence-electron chi connectivity index (χ3n) is 3.64. The largest absolute Gasteiger partial charge is 0.481 e. The molecule has 94 valence electrons. The molecule has 0 spiro atoms. The number of carbonyl (C=O) groups excluding carboxylic acids is 1. The van der Waals surface area contributed by atoms with Crippen LogP contribution in [0.4, 0.5) is 5.69 Å². The van der Waals surface area contributed by atoms with Gasteiger partial charge in [-0.15, -0.1) is 0 Å². The Labute approximate surface area is 104 Å². The zero-order valence-corrected chi connectivity index (χ0v) is 9.77. The molecule has 1 aromatic rings. The van der Waals surface area contributed by atoms with Crippen LogP contribution in [0.25, 0.3) is 0 Å². The smallest absolute Gasteiger partial charge is 0.307 e. The van der Waals surface area contributed by atoms with Crippen LogP contribution in [0.2, 0.25) is 0 Å². The van der Waals surface area contributed by atoms with Gasteiger partial charge in [-0.3, -0.25) is 9.59 Å². The molecule has 0 bridgehead atoms. The van der Waals surface area contributed by atoms with E-state index in [2.05, 4.69) is 10.6 Å². The number of hydrogen-bond acceptors (Lipinski definition) is 3.